The monoisotopic (exact) mass is 316 g/mol. The van der Waals surface area contributed by atoms with Gasteiger partial charge >= 0.3 is 0 Å². The van der Waals surface area contributed by atoms with Crippen molar-refractivity contribution < 1.29 is 9.50 Å². The van der Waals surface area contributed by atoms with Crippen LogP contribution in [0.4, 0.5) is 4.39 Å². The van der Waals surface area contributed by atoms with Crippen LogP contribution in [-0.2, 0) is 0 Å². The normalized spacial score (nSPS) is 12.5. The predicted molar refractivity (Wildman–Crippen MR) is 65.2 cm³/mol. The quantitative estimate of drug-likeness (QED) is 0.866. The number of aromatic nitrogens is 2. The largest absolute Gasteiger partial charge is 0.380 e. The van der Waals surface area contributed by atoms with Gasteiger partial charge in [0.05, 0.1) is 5.02 Å². The first-order valence-electron chi connectivity index (χ1n) is 4.69. The molecule has 0 saturated carbocycles. The van der Waals surface area contributed by atoms with Crippen molar-refractivity contribution in [1.82, 2.24) is 9.97 Å². The van der Waals surface area contributed by atoms with Crippen LogP contribution in [-0.4, -0.2) is 15.1 Å². The number of hydrogen-bond donors (Lipinski definition) is 1. The standard InChI is InChI=1S/C11H7BrClFN2O/c12-7-3-2-6(9(14)8(7)13)10(17)11-15-4-1-5-16-11/h1-5,10,17H. The van der Waals surface area contributed by atoms with Crippen LogP contribution in [0.2, 0.25) is 5.02 Å². The van der Waals surface area contributed by atoms with E-state index in [1.807, 2.05) is 0 Å². The summed E-state index contributed by atoms with van der Waals surface area (Å²) in [7, 11) is 0. The van der Waals surface area contributed by atoms with E-state index in [2.05, 4.69) is 25.9 Å². The van der Waals surface area contributed by atoms with Gasteiger partial charge in [0.25, 0.3) is 0 Å². The lowest BCUT2D eigenvalue weighted by molar-refractivity contribution is 0.204. The molecule has 0 spiro atoms. The molecule has 1 unspecified atom stereocenters. The summed E-state index contributed by atoms with van der Waals surface area (Å²) in [5.41, 5.74) is 0.0457. The van der Waals surface area contributed by atoms with Crippen LogP contribution >= 0.6 is 27.5 Å². The van der Waals surface area contributed by atoms with E-state index in [0.717, 1.165) is 0 Å². The van der Waals surface area contributed by atoms with Crippen LogP contribution in [0, 0.1) is 5.82 Å². The van der Waals surface area contributed by atoms with E-state index in [-0.39, 0.29) is 16.4 Å². The SMILES string of the molecule is OC(c1ncccn1)c1ccc(Br)c(Cl)c1F. The summed E-state index contributed by atoms with van der Waals surface area (Å²) in [5, 5.41) is 9.88. The van der Waals surface area contributed by atoms with Crippen LogP contribution in [0.25, 0.3) is 0 Å². The maximum absolute atomic E-state index is 13.8. The summed E-state index contributed by atoms with van der Waals surface area (Å²) in [6, 6.07) is 4.61. The second-order valence-electron chi connectivity index (χ2n) is 3.27. The Hall–Kier alpha value is -1.04. The molecule has 0 bridgehead atoms. The van der Waals surface area contributed by atoms with Gasteiger partial charge in [-0.1, -0.05) is 17.7 Å². The Kier molecular flexibility index (Phi) is 3.71. The Morgan fingerprint density at radius 1 is 1.29 bits per heavy atom. The van der Waals surface area contributed by atoms with Gasteiger partial charge in [-0.05, 0) is 28.1 Å². The maximum atomic E-state index is 13.8. The van der Waals surface area contributed by atoms with Gasteiger partial charge in [-0.2, -0.15) is 0 Å². The van der Waals surface area contributed by atoms with E-state index >= 15 is 0 Å². The molecule has 0 aliphatic heterocycles. The Morgan fingerprint density at radius 3 is 2.59 bits per heavy atom. The smallest absolute Gasteiger partial charge is 0.161 e. The number of aliphatic hydroxyl groups is 1. The van der Waals surface area contributed by atoms with E-state index in [0.29, 0.717) is 4.47 Å². The van der Waals surface area contributed by atoms with Crippen molar-refractivity contribution in [2.24, 2.45) is 0 Å². The maximum Gasteiger partial charge on any atom is 0.161 e. The Labute approximate surface area is 110 Å². The van der Waals surface area contributed by atoms with Crippen LogP contribution in [0.15, 0.2) is 35.1 Å². The average molecular weight is 318 g/mol. The lowest BCUT2D eigenvalue weighted by Gasteiger charge is -2.11. The van der Waals surface area contributed by atoms with Crippen molar-refractivity contribution >= 4 is 27.5 Å². The number of hydrogen-bond acceptors (Lipinski definition) is 3. The summed E-state index contributed by atoms with van der Waals surface area (Å²) < 4.78 is 14.3. The Balaban J connectivity index is 2.45. The Bertz CT molecular complexity index is 538. The summed E-state index contributed by atoms with van der Waals surface area (Å²) >= 11 is 8.84. The molecule has 1 atom stereocenters. The highest BCUT2D eigenvalue weighted by Gasteiger charge is 2.20. The minimum Gasteiger partial charge on any atom is -0.380 e. The molecular formula is C11H7BrClFN2O. The molecule has 1 heterocycles. The fourth-order valence-corrected chi connectivity index (χ4v) is 1.82. The van der Waals surface area contributed by atoms with Gasteiger partial charge in [0.2, 0.25) is 0 Å². The first-order chi connectivity index (χ1) is 8.11. The molecule has 0 amide bonds. The fourth-order valence-electron chi connectivity index (χ4n) is 1.34. The Morgan fingerprint density at radius 2 is 1.94 bits per heavy atom. The van der Waals surface area contributed by atoms with Gasteiger partial charge in [0.15, 0.2) is 5.82 Å². The number of benzene rings is 1. The molecule has 88 valence electrons. The topological polar surface area (TPSA) is 46.0 Å². The third kappa shape index (κ3) is 2.46. The number of aliphatic hydroxyl groups excluding tert-OH is 1. The summed E-state index contributed by atoms with van der Waals surface area (Å²) in [6.07, 6.45) is 1.72. The lowest BCUT2D eigenvalue weighted by atomic mass is 10.1. The van der Waals surface area contributed by atoms with Crippen LogP contribution in [0.1, 0.15) is 17.5 Å². The molecule has 2 aromatic rings. The molecule has 0 fully saturated rings. The molecule has 17 heavy (non-hydrogen) atoms. The third-order valence-electron chi connectivity index (χ3n) is 2.19. The van der Waals surface area contributed by atoms with Crippen molar-refractivity contribution in [2.45, 2.75) is 6.10 Å². The lowest BCUT2D eigenvalue weighted by Crippen LogP contribution is -2.07. The van der Waals surface area contributed by atoms with Gasteiger partial charge < -0.3 is 5.11 Å². The summed E-state index contributed by atoms with van der Waals surface area (Å²) in [6.45, 7) is 0. The molecule has 1 aromatic heterocycles. The highest BCUT2D eigenvalue weighted by molar-refractivity contribution is 9.10. The number of rotatable bonds is 2. The van der Waals surface area contributed by atoms with Crippen molar-refractivity contribution in [3.8, 4) is 0 Å². The molecule has 1 aromatic carbocycles. The van der Waals surface area contributed by atoms with E-state index < -0.39 is 11.9 Å². The molecule has 2 rings (SSSR count). The molecule has 0 saturated heterocycles. The highest BCUT2D eigenvalue weighted by Crippen LogP contribution is 2.31. The second kappa shape index (κ2) is 5.08. The van der Waals surface area contributed by atoms with E-state index in [1.165, 1.54) is 18.5 Å². The van der Waals surface area contributed by atoms with Crippen molar-refractivity contribution in [3.63, 3.8) is 0 Å². The minimum atomic E-state index is -1.23. The van der Waals surface area contributed by atoms with Gasteiger partial charge in [0, 0.05) is 22.4 Å². The molecule has 0 aliphatic rings. The molecular weight excluding hydrogens is 310 g/mol. The first-order valence-corrected chi connectivity index (χ1v) is 5.86. The minimum absolute atomic E-state index is 0.0457. The third-order valence-corrected chi connectivity index (χ3v) is 3.45. The van der Waals surface area contributed by atoms with Crippen molar-refractivity contribution in [3.05, 3.63) is 57.3 Å². The van der Waals surface area contributed by atoms with E-state index in [1.54, 1.807) is 12.1 Å². The molecule has 0 radical (unpaired) electrons. The molecule has 0 aliphatic carbocycles. The zero-order valence-electron chi connectivity index (χ0n) is 8.44. The van der Waals surface area contributed by atoms with Gasteiger partial charge in [-0.3, -0.25) is 0 Å². The molecule has 6 heteroatoms. The number of nitrogens with zero attached hydrogens (tertiary/aromatic N) is 2. The van der Waals surface area contributed by atoms with Crippen molar-refractivity contribution in [1.29, 1.82) is 0 Å². The molecule has 1 N–H and O–H groups in total. The first kappa shape index (κ1) is 12.4. The van der Waals surface area contributed by atoms with Gasteiger partial charge in [-0.15, -0.1) is 0 Å². The van der Waals surface area contributed by atoms with Gasteiger partial charge in [-0.25, -0.2) is 14.4 Å². The summed E-state index contributed by atoms with van der Waals surface area (Å²) in [5.74, 6) is -0.550. The average Bonchev–Trinajstić information content (AvgIpc) is 2.36. The van der Waals surface area contributed by atoms with Crippen LogP contribution in [0.3, 0.4) is 0 Å². The zero-order chi connectivity index (χ0) is 12.4. The second-order valence-corrected chi connectivity index (χ2v) is 4.51. The van der Waals surface area contributed by atoms with Crippen LogP contribution < -0.4 is 0 Å². The van der Waals surface area contributed by atoms with E-state index in [9.17, 15) is 9.50 Å². The number of halogens is 3. The summed E-state index contributed by atoms with van der Waals surface area (Å²) in [4.78, 5) is 7.73. The predicted octanol–water partition coefficient (Wildman–Crippen LogP) is 3.11. The van der Waals surface area contributed by atoms with E-state index in [4.69, 9.17) is 11.6 Å². The van der Waals surface area contributed by atoms with Crippen LogP contribution in [0.5, 0.6) is 0 Å². The molecule has 3 nitrogen and oxygen atoms in total. The fraction of sp³-hybridized carbons (Fsp3) is 0.0909. The van der Waals surface area contributed by atoms with Gasteiger partial charge in [0.1, 0.15) is 11.9 Å². The highest BCUT2D eigenvalue weighted by atomic mass is 79.9. The van der Waals surface area contributed by atoms with Crippen molar-refractivity contribution in [2.75, 3.05) is 0 Å². The zero-order valence-corrected chi connectivity index (χ0v) is 10.8.